The van der Waals surface area contributed by atoms with E-state index in [1.165, 1.54) is 25.3 Å². The van der Waals surface area contributed by atoms with Crippen LogP contribution in [-0.2, 0) is 15.5 Å². The molecule has 158 valence electrons. The molecule has 29 heavy (non-hydrogen) atoms. The highest BCUT2D eigenvalue weighted by Gasteiger charge is 2.29. The molecule has 0 aliphatic rings. The van der Waals surface area contributed by atoms with Gasteiger partial charge in [0.25, 0.3) is 0 Å². The summed E-state index contributed by atoms with van der Waals surface area (Å²) in [4.78, 5) is 23.1. The van der Waals surface area contributed by atoms with Gasteiger partial charge in [0.2, 0.25) is 11.7 Å². The molecule has 0 aliphatic carbocycles. The zero-order valence-electron chi connectivity index (χ0n) is 17.0. The predicted octanol–water partition coefficient (Wildman–Crippen LogP) is 3.80. The molecule has 0 radical (unpaired) electrons. The van der Waals surface area contributed by atoms with Gasteiger partial charge in [-0.25, -0.2) is 15.0 Å². The largest absolute Gasteiger partial charge is 0.490 e. The molecule has 8 nitrogen and oxygen atoms in total. The second kappa shape index (κ2) is 9.55. The molecule has 2 heterocycles. The average molecular weight is 409 g/mol. The number of alkyl halides is 2. The van der Waals surface area contributed by atoms with Gasteiger partial charge in [0.1, 0.15) is 11.6 Å². The molecule has 2 aromatic heterocycles. The van der Waals surface area contributed by atoms with Gasteiger partial charge in [0, 0.05) is 45.2 Å². The van der Waals surface area contributed by atoms with E-state index in [-0.39, 0.29) is 23.6 Å². The van der Waals surface area contributed by atoms with Crippen LogP contribution in [-0.4, -0.2) is 40.7 Å². The third kappa shape index (κ3) is 6.90. The molecule has 10 heteroatoms. The number of hydrogen-bond donors (Lipinski definition) is 2. The fraction of sp³-hybridized carbons (Fsp3) is 0.474. The fourth-order valence-corrected chi connectivity index (χ4v) is 2.32. The van der Waals surface area contributed by atoms with Gasteiger partial charge >= 0.3 is 5.92 Å². The SMILES string of the molecule is COC(C)CCOc1cnc(NC(C)=O)cc1Nc1cc(C)nc(C(C)(F)F)n1. The van der Waals surface area contributed by atoms with E-state index in [9.17, 15) is 13.6 Å². The lowest BCUT2D eigenvalue weighted by atomic mass is 10.3. The molecule has 2 N–H and O–H groups in total. The van der Waals surface area contributed by atoms with Gasteiger partial charge in [-0.2, -0.15) is 8.78 Å². The standard InChI is InChI=1S/C19H25F2N5O3/c1-11-8-17(26-18(23-11)19(4,20)21)25-14-9-16(24-13(3)27)22-10-15(14)29-7-6-12(2)28-5/h8-10,12H,6-7H2,1-5H3,(H2,22,23,24,25,26,27). The van der Waals surface area contributed by atoms with E-state index < -0.39 is 11.7 Å². The average Bonchev–Trinajstić information content (AvgIpc) is 2.61. The van der Waals surface area contributed by atoms with Crippen LogP contribution < -0.4 is 15.4 Å². The minimum Gasteiger partial charge on any atom is -0.490 e. The normalized spacial score (nSPS) is 12.4. The molecule has 0 aliphatic heterocycles. The molecule has 0 saturated heterocycles. The van der Waals surface area contributed by atoms with Gasteiger partial charge in [0.15, 0.2) is 5.75 Å². The van der Waals surface area contributed by atoms with Gasteiger partial charge in [-0.1, -0.05) is 0 Å². The highest BCUT2D eigenvalue weighted by molar-refractivity contribution is 5.88. The van der Waals surface area contributed by atoms with Crippen molar-refractivity contribution in [3.05, 3.63) is 29.8 Å². The number of carbonyl (C=O) groups is 1. The quantitative estimate of drug-likeness (QED) is 0.650. The Labute approximate surface area is 168 Å². The number of aryl methyl sites for hydroxylation is 1. The predicted molar refractivity (Wildman–Crippen MR) is 105 cm³/mol. The van der Waals surface area contributed by atoms with Crippen LogP contribution >= 0.6 is 0 Å². The molecule has 0 bridgehead atoms. The van der Waals surface area contributed by atoms with Crippen LogP contribution in [0.2, 0.25) is 0 Å². The summed E-state index contributed by atoms with van der Waals surface area (Å²) >= 11 is 0. The third-order valence-electron chi connectivity index (χ3n) is 3.87. The zero-order valence-corrected chi connectivity index (χ0v) is 17.0. The molecular formula is C19H25F2N5O3. The number of nitrogens with zero attached hydrogens (tertiary/aromatic N) is 3. The minimum atomic E-state index is -3.18. The Morgan fingerprint density at radius 1 is 1.28 bits per heavy atom. The smallest absolute Gasteiger partial charge is 0.303 e. The number of rotatable bonds is 9. The summed E-state index contributed by atoms with van der Waals surface area (Å²) in [7, 11) is 1.61. The second-order valence-electron chi connectivity index (χ2n) is 6.66. The van der Waals surface area contributed by atoms with E-state index in [4.69, 9.17) is 9.47 Å². The summed E-state index contributed by atoms with van der Waals surface area (Å²) in [6.07, 6.45) is 2.09. The minimum absolute atomic E-state index is 0.0110. The molecule has 1 atom stereocenters. The number of ether oxygens (including phenoxy) is 2. The lowest BCUT2D eigenvalue weighted by Gasteiger charge is -2.16. The molecule has 0 aromatic carbocycles. The number of aromatic nitrogens is 3. The van der Waals surface area contributed by atoms with E-state index in [1.807, 2.05) is 6.92 Å². The van der Waals surface area contributed by atoms with Crippen LogP contribution in [0.25, 0.3) is 0 Å². The van der Waals surface area contributed by atoms with Gasteiger partial charge in [-0.15, -0.1) is 0 Å². The number of anilines is 3. The first-order valence-corrected chi connectivity index (χ1v) is 9.02. The lowest BCUT2D eigenvalue weighted by Crippen LogP contribution is -2.15. The van der Waals surface area contributed by atoms with Crippen molar-refractivity contribution in [3.8, 4) is 5.75 Å². The number of amides is 1. The van der Waals surface area contributed by atoms with Crippen molar-refractivity contribution in [1.82, 2.24) is 15.0 Å². The van der Waals surface area contributed by atoms with Crippen LogP contribution in [0, 0.1) is 6.92 Å². The number of halogens is 2. The van der Waals surface area contributed by atoms with Crippen molar-refractivity contribution < 1.29 is 23.0 Å². The number of methoxy groups -OCH3 is 1. The highest BCUT2D eigenvalue weighted by Crippen LogP contribution is 2.31. The highest BCUT2D eigenvalue weighted by atomic mass is 19.3. The zero-order chi connectivity index (χ0) is 21.6. The lowest BCUT2D eigenvalue weighted by molar-refractivity contribution is -0.114. The molecule has 0 fully saturated rings. The number of nitrogens with one attached hydrogen (secondary N) is 2. The number of carbonyl (C=O) groups excluding carboxylic acids is 1. The Kier molecular flexibility index (Phi) is 7.38. The summed E-state index contributed by atoms with van der Waals surface area (Å²) in [6, 6.07) is 3.07. The van der Waals surface area contributed by atoms with Gasteiger partial charge in [-0.3, -0.25) is 4.79 Å². The molecule has 2 rings (SSSR count). The summed E-state index contributed by atoms with van der Waals surface area (Å²) < 4.78 is 38.3. The van der Waals surface area contributed by atoms with Crippen molar-refractivity contribution in [3.63, 3.8) is 0 Å². The number of hydrogen-bond acceptors (Lipinski definition) is 7. The Morgan fingerprint density at radius 3 is 2.62 bits per heavy atom. The Balaban J connectivity index is 2.32. The topological polar surface area (TPSA) is 98.3 Å². The van der Waals surface area contributed by atoms with E-state index in [0.717, 1.165) is 6.92 Å². The van der Waals surface area contributed by atoms with Gasteiger partial charge < -0.3 is 20.1 Å². The van der Waals surface area contributed by atoms with Crippen molar-refractivity contribution in [2.24, 2.45) is 0 Å². The third-order valence-corrected chi connectivity index (χ3v) is 3.87. The van der Waals surface area contributed by atoms with E-state index >= 15 is 0 Å². The Hall–Kier alpha value is -2.88. The monoisotopic (exact) mass is 409 g/mol. The van der Waals surface area contributed by atoms with Crippen LogP contribution in [0.5, 0.6) is 5.75 Å². The van der Waals surface area contributed by atoms with Gasteiger partial charge in [0.05, 0.1) is 24.6 Å². The van der Waals surface area contributed by atoms with E-state index in [1.54, 1.807) is 14.0 Å². The molecule has 1 amide bonds. The summed E-state index contributed by atoms with van der Waals surface area (Å²) in [6.45, 7) is 5.96. The summed E-state index contributed by atoms with van der Waals surface area (Å²) in [5, 5.41) is 5.53. The van der Waals surface area contributed by atoms with Crippen molar-refractivity contribution >= 4 is 23.2 Å². The van der Waals surface area contributed by atoms with Crippen LogP contribution in [0.15, 0.2) is 18.3 Å². The molecule has 2 aromatic rings. The van der Waals surface area contributed by atoms with Crippen molar-refractivity contribution in [1.29, 1.82) is 0 Å². The first-order chi connectivity index (χ1) is 13.6. The molecular weight excluding hydrogens is 384 g/mol. The maximum atomic E-state index is 13.7. The number of pyridine rings is 1. The van der Waals surface area contributed by atoms with Crippen molar-refractivity contribution in [2.45, 2.75) is 46.1 Å². The van der Waals surface area contributed by atoms with Crippen LogP contribution in [0.3, 0.4) is 0 Å². The molecule has 0 spiro atoms. The maximum absolute atomic E-state index is 13.7. The fourth-order valence-electron chi connectivity index (χ4n) is 2.32. The first-order valence-electron chi connectivity index (χ1n) is 9.02. The Morgan fingerprint density at radius 2 is 2.00 bits per heavy atom. The van der Waals surface area contributed by atoms with Gasteiger partial charge in [-0.05, 0) is 13.8 Å². The summed E-state index contributed by atoms with van der Waals surface area (Å²) in [5.41, 5.74) is 0.795. The van der Waals surface area contributed by atoms with E-state index in [2.05, 4.69) is 25.6 Å². The molecule has 1 unspecified atom stereocenters. The summed E-state index contributed by atoms with van der Waals surface area (Å²) in [5.74, 6) is -3.24. The van der Waals surface area contributed by atoms with E-state index in [0.29, 0.717) is 30.2 Å². The Bertz CT molecular complexity index is 858. The first kappa shape index (κ1) is 22.4. The van der Waals surface area contributed by atoms with Crippen LogP contribution in [0.1, 0.15) is 38.7 Å². The second-order valence-corrected chi connectivity index (χ2v) is 6.66. The van der Waals surface area contributed by atoms with Crippen molar-refractivity contribution in [2.75, 3.05) is 24.4 Å². The molecule has 0 saturated carbocycles. The van der Waals surface area contributed by atoms with Crippen LogP contribution in [0.4, 0.5) is 26.1 Å². The maximum Gasteiger partial charge on any atom is 0.303 e.